The van der Waals surface area contributed by atoms with E-state index in [0.717, 1.165) is 11.8 Å². The number of methoxy groups -OCH3 is 1. The van der Waals surface area contributed by atoms with E-state index in [1.54, 1.807) is 12.1 Å². The van der Waals surface area contributed by atoms with Gasteiger partial charge in [0, 0.05) is 5.56 Å². The third-order valence-corrected chi connectivity index (χ3v) is 2.30. The van der Waals surface area contributed by atoms with Crippen LogP contribution >= 0.6 is 0 Å². The van der Waals surface area contributed by atoms with Crippen LogP contribution in [0.5, 0.6) is 0 Å². The van der Waals surface area contributed by atoms with Crippen molar-refractivity contribution < 1.29 is 14.3 Å². The van der Waals surface area contributed by atoms with Gasteiger partial charge in [0.15, 0.2) is 6.29 Å². The van der Waals surface area contributed by atoms with Gasteiger partial charge >= 0.3 is 6.09 Å². The van der Waals surface area contributed by atoms with Gasteiger partial charge in [-0.3, -0.25) is 10.1 Å². The minimum Gasteiger partial charge on any atom is -0.453 e. The summed E-state index contributed by atoms with van der Waals surface area (Å²) in [6, 6.07) is 5.34. The van der Waals surface area contributed by atoms with Crippen LogP contribution in [-0.4, -0.2) is 19.5 Å². The fraction of sp³-hybridized carbons (Fsp3) is 0.333. The highest BCUT2D eigenvalue weighted by atomic mass is 16.5. The van der Waals surface area contributed by atoms with Gasteiger partial charge < -0.3 is 4.74 Å². The molecule has 0 saturated heterocycles. The van der Waals surface area contributed by atoms with Crippen molar-refractivity contribution in [2.24, 2.45) is 0 Å². The van der Waals surface area contributed by atoms with Gasteiger partial charge in [-0.2, -0.15) is 0 Å². The molecule has 0 fully saturated rings. The van der Waals surface area contributed by atoms with Crippen molar-refractivity contribution in [1.29, 1.82) is 0 Å². The van der Waals surface area contributed by atoms with Crippen molar-refractivity contribution in [3.8, 4) is 0 Å². The molecule has 0 unspecified atom stereocenters. The molecular formula is C12H15NO3. The van der Waals surface area contributed by atoms with Crippen molar-refractivity contribution in [3.05, 3.63) is 29.3 Å². The van der Waals surface area contributed by atoms with E-state index in [1.807, 2.05) is 19.9 Å². The highest BCUT2D eigenvalue weighted by molar-refractivity contribution is 5.94. The van der Waals surface area contributed by atoms with Crippen LogP contribution in [0.15, 0.2) is 18.2 Å². The summed E-state index contributed by atoms with van der Waals surface area (Å²) in [5.74, 6) is 0.222. The van der Waals surface area contributed by atoms with Crippen LogP contribution in [0.25, 0.3) is 0 Å². The Morgan fingerprint density at radius 3 is 2.62 bits per heavy atom. The molecule has 1 aromatic rings. The van der Waals surface area contributed by atoms with Crippen LogP contribution in [0.4, 0.5) is 10.5 Å². The Morgan fingerprint density at radius 1 is 1.44 bits per heavy atom. The van der Waals surface area contributed by atoms with Gasteiger partial charge in [0.25, 0.3) is 0 Å². The first kappa shape index (κ1) is 12.2. The molecule has 0 spiro atoms. The molecule has 0 aliphatic heterocycles. The van der Waals surface area contributed by atoms with Gasteiger partial charge in [-0.15, -0.1) is 0 Å². The zero-order chi connectivity index (χ0) is 12.1. The number of hydrogen-bond acceptors (Lipinski definition) is 3. The monoisotopic (exact) mass is 221 g/mol. The van der Waals surface area contributed by atoms with Crippen molar-refractivity contribution in [2.45, 2.75) is 19.8 Å². The van der Waals surface area contributed by atoms with E-state index in [1.165, 1.54) is 7.11 Å². The lowest BCUT2D eigenvalue weighted by Crippen LogP contribution is -2.13. The molecule has 0 atom stereocenters. The maximum atomic E-state index is 11.1. The summed E-state index contributed by atoms with van der Waals surface area (Å²) in [7, 11) is 1.28. The Kier molecular flexibility index (Phi) is 4.05. The van der Waals surface area contributed by atoms with Crippen molar-refractivity contribution in [1.82, 2.24) is 0 Å². The molecular weight excluding hydrogens is 206 g/mol. The van der Waals surface area contributed by atoms with Gasteiger partial charge in [-0.25, -0.2) is 4.79 Å². The summed E-state index contributed by atoms with van der Waals surface area (Å²) in [6.45, 7) is 3.98. The second-order valence-corrected chi connectivity index (χ2v) is 3.70. The average Bonchev–Trinajstić information content (AvgIpc) is 2.28. The molecule has 0 aliphatic carbocycles. The number of benzene rings is 1. The smallest absolute Gasteiger partial charge is 0.411 e. The van der Waals surface area contributed by atoms with Crippen LogP contribution in [0, 0.1) is 0 Å². The summed E-state index contributed by atoms with van der Waals surface area (Å²) in [5.41, 5.74) is 1.89. The number of ether oxygens (including phenoxy) is 1. The molecule has 4 nitrogen and oxygen atoms in total. The van der Waals surface area contributed by atoms with Crippen LogP contribution in [0.2, 0.25) is 0 Å². The minimum absolute atomic E-state index is 0.222. The number of rotatable bonds is 3. The number of anilines is 1. The van der Waals surface area contributed by atoms with Gasteiger partial charge in [-0.1, -0.05) is 26.0 Å². The Hall–Kier alpha value is -1.84. The van der Waals surface area contributed by atoms with Crippen molar-refractivity contribution in [3.63, 3.8) is 0 Å². The molecule has 1 N–H and O–H groups in total. The standard InChI is InChI=1S/C12H15NO3/c1-8(2)9-5-4-6-11(10(9)7-14)13-12(15)16-3/h4-8H,1-3H3,(H,13,15). The molecule has 0 aromatic heterocycles. The van der Waals surface area contributed by atoms with E-state index < -0.39 is 6.09 Å². The van der Waals surface area contributed by atoms with Crippen LogP contribution in [0.1, 0.15) is 35.7 Å². The third kappa shape index (κ3) is 2.59. The van der Waals surface area contributed by atoms with E-state index in [4.69, 9.17) is 0 Å². The van der Waals surface area contributed by atoms with E-state index in [9.17, 15) is 9.59 Å². The van der Waals surface area contributed by atoms with E-state index in [0.29, 0.717) is 11.3 Å². The second-order valence-electron chi connectivity index (χ2n) is 3.70. The van der Waals surface area contributed by atoms with Crippen LogP contribution in [-0.2, 0) is 4.74 Å². The zero-order valence-corrected chi connectivity index (χ0v) is 9.61. The number of carbonyl (C=O) groups excluding carboxylic acids is 2. The molecule has 16 heavy (non-hydrogen) atoms. The van der Waals surface area contributed by atoms with Crippen molar-refractivity contribution in [2.75, 3.05) is 12.4 Å². The summed E-state index contributed by atoms with van der Waals surface area (Å²) in [6.07, 6.45) is 0.171. The highest BCUT2D eigenvalue weighted by Crippen LogP contribution is 2.24. The second kappa shape index (κ2) is 5.30. The normalized spacial score (nSPS) is 10.0. The fourth-order valence-corrected chi connectivity index (χ4v) is 1.49. The number of aldehydes is 1. The lowest BCUT2D eigenvalue weighted by atomic mass is 9.96. The van der Waals surface area contributed by atoms with Gasteiger partial charge in [0.05, 0.1) is 12.8 Å². The number of nitrogens with one attached hydrogen (secondary N) is 1. The fourth-order valence-electron chi connectivity index (χ4n) is 1.49. The minimum atomic E-state index is -0.580. The Balaban J connectivity index is 3.13. The quantitative estimate of drug-likeness (QED) is 0.798. The first-order chi connectivity index (χ1) is 7.60. The Bertz CT molecular complexity index is 399. The van der Waals surface area contributed by atoms with E-state index >= 15 is 0 Å². The molecule has 86 valence electrons. The Morgan fingerprint density at radius 2 is 2.12 bits per heavy atom. The molecule has 4 heteroatoms. The first-order valence-corrected chi connectivity index (χ1v) is 5.03. The first-order valence-electron chi connectivity index (χ1n) is 5.03. The highest BCUT2D eigenvalue weighted by Gasteiger charge is 2.12. The molecule has 0 bridgehead atoms. The zero-order valence-electron chi connectivity index (χ0n) is 9.61. The van der Waals surface area contributed by atoms with E-state index in [-0.39, 0.29) is 5.92 Å². The topological polar surface area (TPSA) is 55.4 Å². The molecule has 0 saturated carbocycles. The summed E-state index contributed by atoms with van der Waals surface area (Å²) in [4.78, 5) is 22.1. The molecule has 1 amide bonds. The van der Waals surface area contributed by atoms with Gasteiger partial charge in [0.2, 0.25) is 0 Å². The number of hydrogen-bond donors (Lipinski definition) is 1. The predicted octanol–water partition coefficient (Wildman–Crippen LogP) is 2.80. The Labute approximate surface area is 94.6 Å². The third-order valence-electron chi connectivity index (χ3n) is 2.30. The maximum Gasteiger partial charge on any atom is 0.411 e. The molecule has 1 aromatic carbocycles. The molecule has 0 radical (unpaired) electrons. The molecule has 1 rings (SSSR count). The molecule has 0 heterocycles. The SMILES string of the molecule is COC(=O)Nc1cccc(C(C)C)c1C=O. The lowest BCUT2D eigenvalue weighted by Gasteiger charge is -2.13. The van der Waals surface area contributed by atoms with E-state index in [2.05, 4.69) is 10.1 Å². The average molecular weight is 221 g/mol. The predicted molar refractivity (Wildman–Crippen MR) is 61.9 cm³/mol. The summed E-state index contributed by atoms with van der Waals surface area (Å²) < 4.78 is 4.49. The van der Waals surface area contributed by atoms with Crippen LogP contribution in [0.3, 0.4) is 0 Å². The van der Waals surface area contributed by atoms with Crippen molar-refractivity contribution >= 4 is 18.1 Å². The van der Waals surface area contributed by atoms with Crippen LogP contribution < -0.4 is 5.32 Å². The number of carbonyl (C=O) groups is 2. The summed E-state index contributed by atoms with van der Waals surface area (Å²) >= 11 is 0. The number of amides is 1. The van der Waals surface area contributed by atoms with Gasteiger partial charge in [-0.05, 0) is 17.5 Å². The molecule has 0 aliphatic rings. The summed E-state index contributed by atoms with van der Waals surface area (Å²) in [5, 5.41) is 2.51. The lowest BCUT2D eigenvalue weighted by molar-refractivity contribution is 0.112. The maximum absolute atomic E-state index is 11.1. The largest absolute Gasteiger partial charge is 0.453 e. The van der Waals surface area contributed by atoms with Gasteiger partial charge in [0.1, 0.15) is 0 Å².